The van der Waals surface area contributed by atoms with Crippen LogP contribution in [0.4, 0.5) is 10.1 Å². The highest BCUT2D eigenvalue weighted by Gasteiger charge is 2.36. The SMILES string of the molecule is Cn1cnc(S(=O)(=O)N2CCC(C(=O)Nc3ccc(Cl)c(F)c3)C2)c1. The van der Waals surface area contributed by atoms with Crippen LogP contribution in [0.2, 0.25) is 5.02 Å². The molecule has 3 rings (SSSR count). The van der Waals surface area contributed by atoms with Crippen molar-refractivity contribution in [2.45, 2.75) is 11.4 Å². The Morgan fingerprint density at radius 3 is 2.84 bits per heavy atom. The Hall–Kier alpha value is -1.97. The molecule has 1 atom stereocenters. The first kappa shape index (κ1) is 17.8. The highest BCUT2D eigenvalue weighted by Crippen LogP contribution is 2.25. The lowest BCUT2D eigenvalue weighted by atomic mass is 10.1. The average molecular weight is 387 g/mol. The van der Waals surface area contributed by atoms with Crippen molar-refractivity contribution in [3.63, 3.8) is 0 Å². The normalized spacial score (nSPS) is 18.4. The van der Waals surface area contributed by atoms with Crippen molar-refractivity contribution in [1.29, 1.82) is 0 Å². The molecule has 1 aliphatic heterocycles. The van der Waals surface area contributed by atoms with Gasteiger partial charge in [-0.3, -0.25) is 4.79 Å². The molecule has 1 aromatic heterocycles. The quantitative estimate of drug-likeness (QED) is 0.869. The molecular formula is C15H16ClFN4O3S. The van der Waals surface area contributed by atoms with Gasteiger partial charge in [0.2, 0.25) is 5.91 Å². The molecule has 2 heterocycles. The summed E-state index contributed by atoms with van der Waals surface area (Å²) in [4.78, 5) is 16.2. The summed E-state index contributed by atoms with van der Waals surface area (Å²) in [6.07, 6.45) is 3.20. The van der Waals surface area contributed by atoms with Gasteiger partial charge in [0.15, 0.2) is 5.03 Å². The number of imidazole rings is 1. The number of anilines is 1. The minimum absolute atomic E-state index is 0.0357. The number of aryl methyl sites for hydroxylation is 1. The maximum absolute atomic E-state index is 13.4. The molecule has 7 nitrogen and oxygen atoms in total. The summed E-state index contributed by atoms with van der Waals surface area (Å²) in [6, 6.07) is 3.96. The van der Waals surface area contributed by atoms with Crippen LogP contribution in [0.15, 0.2) is 35.7 Å². The number of halogens is 2. The molecule has 0 radical (unpaired) electrons. The molecule has 0 spiro atoms. The third-order valence-corrected chi connectivity index (χ3v) is 6.05. The smallest absolute Gasteiger partial charge is 0.262 e. The molecule has 1 N–H and O–H groups in total. The van der Waals surface area contributed by atoms with Crippen molar-refractivity contribution >= 4 is 33.2 Å². The fourth-order valence-corrected chi connectivity index (χ4v) is 4.22. The van der Waals surface area contributed by atoms with Crippen LogP contribution in [0.25, 0.3) is 0 Å². The van der Waals surface area contributed by atoms with Crippen molar-refractivity contribution < 1.29 is 17.6 Å². The van der Waals surface area contributed by atoms with Crippen molar-refractivity contribution in [3.05, 3.63) is 41.6 Å². The number of nitrogens with zero attached hydrogens (tertiary/aromatic N) is 3. The summed E-state index contributed by atoms with van der Waals surface area (Å²) < 4.78 is 41.2. The lowest BCUT2D eigenvalue weighted by Gasteiger charge is -2.15. The average Bonchev–Trinajstić information content (AvgIpc) is 3.20. The van der Waals surface area contributed by atoms with E-state index in [1.165, 1.54) is 29.0 Å². The number of aromatic nitrogens is 2. The summed E-state index contributed by atoms with van der Waals surface area (Å²) >= 11 is 5.60. The number of nitrogens with one attached hydrogen (secondary N) is 1. The highest BCUT2D eigenvalue weighted by atomic mass is 35.5. The second-order valence-electron chi connectivity index (χ2n) is 5.84. The maximum Gasteiger partial charge on any atom is 0.262 e. The molecule has 1 aliphatic rings. The van der Waals surface area contributed by atoms with Gasteiger partial charge in [-0.1, -0.05) is 11.6 Å². The molecule has 1 fully saturated rings. The number of benzene rings is 1. The Kier molecular flexibility index (Phi) is 4.81. The highest BCUT2D eigenvalue weighted by molar-refractivity contribution is 7.89. The number of carbonyl (C=O) groups is 1. The topological polar surface area (TPSA) is 84.3 Å². The van der Waals surface area contributed by atoms with Crippen LogP contribution in [0, 0.1) is 11.7 Å². The summed E-state index contributed by atoms with van der Waals surface area (Å²) in [5.41, 5.74) is 0.276. The van der Waals surface area contributed by atoms with E-state index in [2.05, 4.69) is 10.3 Å². The van der Waals surface area contributed by atoms with Crippen LogP contribution in [0.3, 0.4) is 0 Å². The van der Waals surface area contributed by atoms with E-state index in [-0.39, 0.29) is 34.7 Å². The molecule has 0 aliphatic carbocycles. The first-order valence-corrected chi connectivity index (χ1v) is 9.33. The van der Waals surface area contributed by atoms with Crippen LogP contribution in [0.1, 0.15) is 6.42 Å². The van der Waals surface area contributed by atoms with Crippen LogP contribution in [-0.4, -0.2) is 41.3 Å². The largest absolute Gasteiger partial charge is 0.339 e. The van der Waals surface area contributed by atoms with Crippen molar-refractivity contribution in [3.8, 4) is 0 Å². The van der Waals surface area contributed by atoms with Gasteiger partial charge in [-0.15, -0.1) is 0 Å². The van der Waals surface area contributed by atoms with Crippen LogP contribution in [0.5, 0.6) is 0 Å². The Morgan fingerprint density at radius 2 is 2.20 bits per heavy atom. The van der Waals surface area contributed by atoms with Gasteiger partial charge in [-0.2, -0.15) is 4.31 Å². The molecule has 1 aromatic carbocycles. The van der Waals surface area contributed by atoms with Gasteiger partial charge in [0.05, 0.1) is 17.3 Å². The minimum Gasteiger partial charge on any atom is -0.339 e. The third kappa shape index (κ3) is 3.68. The predicted octanol–water partition coefficient (Wildman–Crippen LogP) is 1.86. The molecular weight excluding hydrogens is 371 g/mol. The van der Waals surface area contributed by atoms with Gasteiger partial charge < -0.3 is 9.88 Å². The number of rotatable bonds is 4. The molecule has 2 aromatic rings. The summed E-state index contributed by atoms with van der Waals surface area (Å²) in [5, 5.41) is 2.51. The van der Waals surface area contributed by atoms with Gasteiger partial charge in [-0.25, -0.2) is 17.8 Å². The lowest BCUT2D eigenvalue weighted by Crippen LogP contribution is -2.31. The van der Waals surface area contributed by atoms with Crippen LogP contribution in [-0.2, 0) is 21.9 Å². The Balaban J connectivity index is 1.67. The van der Waals surface area contributed by atoms with E-state index in [1.54, 1.807) is 11.6 Å². The van der Waals surface area contributed by atoms with E-state index < -0.39 is 21.8 Å². The fourth-order valence-electron chi connectivity index (χ4n) is 2.63. The van der Waals surface area contributed by atoms with E-state index in [1.807, 2.05) is 0 Å². The van der Waals surface area contributed by atoms with Gasteiger partial charge in [0, 0.05) is 32.0 Å². The molecule has 1 unspecified atom stereocenters. The monoisotopic (exact) mass is 386 g/mol. The molecule has 1 saturated heterocycles. The second kappa shape index (κ2) is 6.74. The predicted molar refractivity (Wildman–Crippen MR) is 90.1 cm³/mol. The summed E-state index contributed by atoms with van der Waals surface area (Å²) in [7, 11) is -2.05. The van der Waals surface area contributed by atoms with E-state index in [9.17, 15) is 17.6 Å². The summed E-state index contributed by atoms with van der Waals surface area (Å²) in [5.74, 6) is -1.51. The van der Waals surface area contributed by atoms with Crippen LogP contribution >= 0.6 is 11.6 Å². The minimum atomic E-state index is -3.73. The number of carbonyl (C=O) groups excluding carboxylic acids is 1. The molecule has 134 valence electrons. The van der Waals surface area contributed by atoms with Gasteiger partial charge in [-0.05, 0) is 24.6 Å². The van der Waals surface area contributed by atoms with E-state index >= 15 is 0 Å². The second-order valence-corrected chi connectivity index (χ2v) is 8.14. The standard InChI is InChI=1S/C15H16ClFN4O3S/c1-20-8-14(18-9-20)25(23,24)21-5-4-10(7-21)15(22)19-11-2-3-12(16)13(17)6-11/h2-3,6,8-10H,4-5,7H2,1H3,(H,19,22). The third-order valence-electron chi connectivity index (χ3n) is 3.99. The molecule has 0 saturated carbocycles. The van der Waals surface area contributed by atoms with Crippen LogP contribution < -0.4 is 5.32 Å². The van der Waals surface area contributed by atoms with E-state index in [0.717, 1.165) is 6.07 Å². The van der Waals surface area contributed by atoms with E-state index in [0.29, 0.717) is 6.42 Å². The van der Waals surface area contributed by atoms with Gasteiger partial charge in [0.1, 0.15) is 5.82 Å². The molecule has 10 heteroatoms. The number of amides is 1. The molecule has 1 amide bonds. The zero-order valence-corrected chi connectivity index (χ0v) is 14.9. The first-order valence-electron chi connectivity index (χ1n) is 7.51. The van der Waals surface area contributed by atoms with Crippen molar-refractivity contribution in [2.24, 2.45) is 13.0 Å². The Labute approximate surface area is 149 Å². The zero-order valence-electron chi connectivity index (χ0n) is 13.3. The zero-order chi connectivity index (χ0) is 18.2. The Bertz CT molecular complexity index is 915. The van der Waals surface area contributed by atoms with Gasteiger partial charge >= 0.3 is 0 Å². The maximum atomic E-state index is 13.4. The first-order chi connectivity index (χ1) is 11.8. The molecule has 25 heavy (non-hydrogen) atoms. The lowest BCUT2D eigenvalue weighted by molar-refractivity contribution is -0.119. The molecule has 0 bridgehead atoms. The number of sulfonamides is 1. The van der Waals surface area contributed by atoms with Crippen molar-refractivity contribution in [1.82, 2.24) is 13.9 Å². The Morgan fingerprint density at radius 1 is 1.44 bits per heavy atom. The van der Waals surface area contributed by atoms with Crippen molar-refractivity contribution in [2.75, 3.05) is 18.4 Å². The number of hydrogen-bond donors (Lipinski definition) is 1. The summed E-state index contributed by atoms with van der Waals surface area (Å²) in [6.45, 7) is 0.285. The van der Waals surface area contributed by atoms with E-state index in [4.69, 9.17) is 11.6 Å². The fraction of sp³-hybridized carbons (Fsp3) is 0.333. The van der Waals surface area contributed by atoms with Gasteiger partial charge in [0.25, 0.3) is 10.0 Å². The number of hydrogen-bond acceptors (Lipinski definition) is 4.